The maximum absolute atomic E-state index is 12.1. The molecule has 216 valence electrons. The molecule has 45 heavy (non-hydrogen) atoms. The Balaban J connectivity index is 0.000000307. The van der Waals surface area contributed by atoms with Gasteiger partial charge in [0.2, 0.25) is 10.0 Å². The molecule has 0 aliphatic carbocycles. The number of anilines is 2. The molecule has 0 atom stereocenters. The Morgan fingerprint density at radius 1 is 0.667 bits per heavy atom. The number of nitrogens with zero attached hydrogens (tertiary/aromatic N) is 4. The minimum Gasteiger partial charge on any atom is -0.545 e. The number of hydrogen-bond donors (Lipinski definition) is 2. The number of hydrogen-bond acceptors (Lipinski definition) is 10. The normalized spacial score (nSPS) is 9.38. The second kappa shape index (κ2) is 15.7. The standard InChI is InChI=1S/2C15H9N3O3S.Zn/c2*1-8-11(7-16)14(22-13(8)17-2)18-12(19)9-3-5-10(6-4-9)15(20)21;/h2*3-6H,1H3,(H,18,19)(H,20,21);/q;;+2/p-2. The molecule has 2 N–H and O–H groups in total. The van der Waals surface area contributed by atoms with Gasteiger partial charge in [0, 0.05) is 11.1 Å². The molecule has 2 amide bonds. The minimum absolute atomic E-state index is 0. The third-order valence-corrected chi connectivity index (χ3v) is 8.09. The van der Waals surface area contributed by atoms with Crippen molar-refractivity contribution in [3.05, 3.63) is 116 Å². The van der Waals surface area contributed by atoms with E-state index in [0.29, 0.717) is 31.1 Å². The number of rotatable bonds is 6. The van der Waals surface area contributed by atoms with Crippen molar-refractivity contribution in [3.63, 3.8) is 0 Å². The zero-order valence-corrected chi connectivity index (χ0v) is 28.0. The van der Waals surface area contributed by atoms with Gasteiger partial charge in [-0.15, -0.1) is 22.7 Å². The molecule has 0 aliphatic rings. The van der Waals surface area contributed by atoms with Crippen molar-refractivity contribution in [2.24, 2.45) is 0 Å². The van der Waals surface area contributed by atoms with Crippen LogP contribution in [0.2, 0.25) is 0 Å². The van der Waals surface area contributed by atoms with E-state index in [1.54, 1.807) is 13.8 Å². The van der Waals surface area contributed by atoms with E-state index in [-0.39, 0.29) is 52.9 Å². The van der Waals surface area contributed by atoms with Crippen LogP contribution in [0.15, 0.2) is 48.5 Å². The van der Waals surface area contributed by atoms with E-state index in [1.807, 2.05) is 12.1 Å². The van der Waals surface area contributed by atoms with Crippen LogP contribution >= 0.6 is 22.7 Å². The molecular formula is C30H16N6O6S2Zn. The summed E-state index contributed by atoms with van der Waals surface area (Å²) in [5.41, 5.74) is 2.00. The molecule has 2 aromatic carbocycles. The van der Waals surface area contributed by atoms with Gasteiger partial charge in [0.05, 0.1) is 36.2 Å². The molecule has 2 heterocycles. The van der Waals surface area contributed by atoms with E-state index in [2.05, 4.69) is 20.3 Å². The van der Waals surface area contributed by atoms with E-state index >= 15 is 0 Å². The first-order chi connectivity index (χ1) is 20.9. The summed E-state index contributed by atoms with van der Waals surface area (Å²) in [4.78, 5) is 52.2. The summed E-state index contributed by atoms with van der Waals surface area (Å²) in [5, 5.41) is 46.0. The third kappa shape index (κ3) is 8.23. The van der Waals surface area contributed by atoms with Crippen molar-refractivity contribution in [2.45, 2.75) is 13.8 Å². The summed E-state index contributed by atoms with van der Waals surface area (Å²) >= 11 is 2.06. The van der Waals surface area contributed by atoms with Gasteiger partial charge in [-0.25, -0.2) is 9.69 Å². The largest absolute Gasteiger partial charge is 2.00 e. The number of carboxylic acid groups (broad SMARTS) is 2. The number of carbonyl (C=O) groups excluding carboxylic acids is 4. The second-order valence-corrected chi connectivity index (χ2v) is 10.6. The fourth-order valence-corrected chi connectivity index (χ4v) is 5.40. The summed E-state index contributed by atoms with van der Waals surface area (Å²) in [6.45, 7) is 17.4. The molecule has 12 nitrogen and oxygen atoms in total. The molecular weight excluding hydrogens is 670 g/mol. The summed E-state index contributed by atoms with van der Waals surface area (Å²) in [6, 6.07) is 14.4. The zero-order chi connectivity index (χ0) is 32.6. The number of benzene rings is 2. The maximum atomic E-state index is 12.1. The molecule has 0 radical (unpaired) electrons. The molecule has 4 aromatic rings. The van der Waals surface area contributed by atoms with Crippen LogP contribution in [0.5, 0.6) is 0 Å². The van der Waals surface area contributed by atoms with Gasteiger partial charge in [0.15, 0.2) is 0 Å². The smallest absolute Gasteiger partial charge is 0.545 e. The first kappa shape index (κ1) is 35.5. The van der Waals surface area contributed by atoms with E-state index in [0.717, 1.165) is 22.7 Å². The number of amides is 2. The molecule has 15 heteroatoms. The van der Waals surface area contributed by atoms with Crippen molar-refractivity contribution in [2.75, 3.05) is 10.6 Å². The second-order valence-electron chi connectivity index (χ2n) is 8.56. The number of nitriles is 2. The Bertz CT molecular complexity index is 1830. The fraction of sp³-hybridized carbons (Fsp3) is 0.0667. The number of nitrogens with one attached hydrogen (secondary N) is 2. The zero-order valence-electron chi connectivity index (χ0n) is 23.4. The number of thiophene rings is 2. The van der Waals surface area contributed by atoms with Crippen molar-refractivity contribution in [3.8, 4) is 12.1 Å². The first-order valence-corrected chi connectivity index (χ1v) is 13.7. The van der Waals surface area contributed by atoms with Crippen molar-refractivity contribution >= 4 is 66.4 Å². The molecule has 0 saturated heterocycles. The van der Waals surface area contributed by atoms with E-state index in [4.69, 9.17) is 23.7 Å². The fourth-order valence-electron chi connectivity index (χ4n) is 3.53. The summed E-state index contributed by atoms with van der Waals surface area (Å²) < 4.78 is 0. The van der Waals surface area contributed by atoms with Gasteiger partial charge in [-0.05, 0) is 60.4 Å². The van der Waals surface area contributed by atoms with Gasteiger partial charge in [0.25, 0.3) is 11.8 Å². The van der Waals surface area contributed by atoms with Gasteiger partial charge in [-0.3, -0.25) is 9.59 Å². The number of carbonyl (C=O) groups is 4. The Kier molecular flexibility index (Phi) is 12.4. The average Bonchev–Trinajstić information content (AvgIpc) is 3.50. The molecule has 0 spiro atoms. The Hall–Kier alpha value is -5.70. The number of aromatic carboxylic acids is 2. The van der Waals surface area contributed by atoms with Gasteiger partial charge >= 0.3 is 19.5 Å². The Morgan fingerprint density at radius 3 is 1.20 bits per heavy atom. The first-order valence-electron chi connectivity index (χ1n) is 12.0. The van der Waals surface area contributed by atoms with E-state index in [9.17, 15) is 29.4 Å². The SMILES string of the molecule is [C-]#[N+]c1sc(NC(=O)c2ccc(C(=O)[O-])cc2)c(C#N)c1C.[C-]#[N+]c1sc(NC(=O)c2ccc(C(=O)[O-])cc2)c(C#N)c1C.[Zn+2]. The molecule has 4 rings (SSSR count). The third-order valence-electron chi connectivity index (χ3n) is 5.89. The van der Waals surface area contributed by atoms with Gasteiger partial charge in [-0.1, -0.05) is 24.3 Å². The van der Waals surface area contributed by atoms with Crippen molar-refractivity contribution < 1.29 is 48.9 Å². The van der Waals surface area contributed by atoms with E-state index in [1.165, 1.54) is 48.5 Å². The predicted octanol–water partition coefficient (Wildman–Crippen LogP) is 4.19. The van der Waals surface area contributed by atoms with E-state index < -0.39 is 23.8 Å². The molecule has 0 bridgehead atoms. The Morgan fingerprint density at radius 2 is 0.956 bits per heavy atom. The van der Waals surface area contributed by atoms with Gasteiger partial charge < -0.3 is 30.4 Å². The van der Waals surface area contributed by atoms with Gasteiger partial charge in [0.1, 0.15) is 22.1 Å². The van der Waals surface area contributed by atoms with Crippen LogP contribution < -0.4 is 20.8 Å². The van der Waals surface area contributed by atoms with Gasteiger partial charge in [-0.2, -0.15) is 10.5 Å². The summed E-state index contributed by atoms with van der Waals surface area (Å²) in [7, 11) is 0. The number of carboxylic acids is 2. The molecule has 0 fully saturated rings. The molecule has 2 aromatic heterocycles. The van der Waals surface area contributed by atoms with Crippen LogP contribution in [0.4, 0.5) is 20.0 Å². The van der Waals surface area contributed by atoms with Crippen LogP contribution in [0.3, 0.4) is 0 Å². The quantitative estimate of drug-likeness (QED) is 0.223. The summed E-state index contributed by atoms with van der Waals surface area (Å²) in [5.74, 6) is -3.62. The van der Waals surface area contributed by atoms with Crippen LogP contribution in [-0.4, -0.2) is 23.8 Å². The van der Waals surface area contributed by atoms with Crippen LogP contribution in [0, 0.1) is 49.7 Å². The minimum atomic E-state index is -1.32. The molecule has 0 saturated carbocycles. The molecule has 0 unspecified atom stereocenters. The van der Waals surface area contributed by atoms with Crippen LogP contribution in [0.1, 0.15) is 63.7 Å². The van der Waals surface area contributed by atoms with Crippen molar-refractivity contribution in [1.82, 2.24) is 0 Å². The topological polar surface area (TPSA) is 195 Å². The Labute approximate surface area is 277 Å². The van der Waals surface area contributed by atoms with Crippen molar-refractivity contribution in [1.29, 1.82) is 10.5 Å². The average molecular weight is 686 g/mol. The van der Waals surface area contributed by atoms with Crippen LogP contribution in [0.25, 0.3) is 9.69 Å². The van der Waals surface area contributed by atoms with Crippen LogP contribution in [-0.2, 0) is 19.5 Å². The maximum Gasteiger partial charge on any atom is 2.00 e. The summed E-state index contributed by atoms with van der Waals surface area (Å²) in [6.07, 6.45) is 0. The predicted molar refractivity (Wildman–Crippen MR) is 158 cm³/mol. The monoisotopic (exact) mass is 684 g/mol. The molecule has 0 aliphatic heterocycles.